The highest BCUT2D eigenvalue weighted by atomic mass is 16.4. The van der Waals surface area contributed by atoms with Crippen molar-refractivity contribution in [1.29, 1.82) is 0 Å². The zero-order valence-corrected chi connectivity index (χ0v) is 10.9. The van der Waals surface area contributed by atoms with Gasteiger partial charge in [0.2, 0.25) is 0 Å². The zero-order chi connectivity index (χ0) is 14.4. The van der Waals surface area contributed by atoms with E-state index in [1.165, 1.54) is 0 Å². The maximum absolute atomic E-state index is 11.0. The third-order valence-electron chi connectivity index (χ3n) is 3.10. The van der Waals surface area contributed by atoms with Gasteiger partial charge in [0.1, 0.15) is 0 Å². The van der Waals surface area contributed by atoms with Crippen LogP contribution in [-0.2, 0) is 11.3 Å². The molecule has 0 unspecified atom stereocenters. The molecule has 20 heavy (non-hydrogen) atoms. The van der Waals surface area contributed by atoms with Gasteiger partial charge in [-0.1, -0.05) is 60.7 Å². The molecule has 0 amide bonds. The average Bonchev–Trinajstić information content (AvgIpc) is 2.49. The Kier molecular flexibility index (Phi) is 4.87. The summed E-state index contributed by atoms with van der Waals surface area (Å²) < 4.78 is 0. The van der Waals surface area contributed by atoms with E-state index in [1.807, 2.05) is 48.5 Å². The van der Waals surface area contributed by atoms with Crippen LogP contribution in [0.1, 0.15) is 17.2 Å². The van der Waals surface area contributed by atoms with Gasteiger partial charge in [0.05, 0.1) is 6.04 Å². The number of hydrogen-bond donors (Lipinski definition) is 3. The smallest absolute Gasteiger partial charge is 0.334 e. The third kappa shape index (κ3) is 3.66. The second-order valence-electron chi connectivity index (χ2n) is 4.54. The summed E-state index contributed by atoms with van der Waals surface area (Å²) in [6, 6.07) is 18.1. The van der Waals surface area contributed by atoms with Gasteiger partial charge in [-0.2, -0.15) is 0 Å². The van der Waals surface area contributed by atoms with Gasteiger partial charge in [0.25, 0.3) is 0 Å². The Labute approximate surface area is 117 Å². The van der Waals surface area contributed by atoms with Gasteiger partial charge >= 0.3 is 5.97 Å². The Balaban J connectivity index is 2.13. The molecule has 2 aromatic rings. The van der Waals surface area contributed by atoms with Gasteiger partial charge in [-0.15, -0.1) is 0 Å². The molecule has 0 heterocycles. The number of hydrogen-bond acceptors (Lipinski definition) is 3. The van der Waals surface area contributed by atoms with E-state index in [-0.39, 0.29) is 0 Å². The summed E-state index contributed by atoms with van der Waals surface area (Å²) in [5.41, 5.74) is 1.78. The van der Waals surface area contributed by atoms with Crippen molar-refractivity contribution in [2.75, 3.05) is 0 Å². The zero-order valence-electron chi connectivity index (χ0n) is 10.9. The highest BCUT2D eigenvalue weighted by Crippen LogP contribution is 2.18. The molecule has 0 fully saturated rings. The minimum atomic E-state index is -1.49. The van der Waals surface area contributed by atoms with Gasteiger partial charge in [-0.05, 0) is 11.1 Å². The van der Waals surface area contributed by atoms with E-state index < -0.39 is 18.1 Å². The summed E-state index contributed by atoms with van der Waals surface area (Å²) in [4.78, 5) is 11.0. The van der Waals surface area contributed by atoms with Crippen molar-refractivity contribution in [2.24, 2.45) is 0 Å². The number of aliphatic hydroxyl groups excluding tert-OH is 1. The van der Waals surface area contributed by atoms with Gasteiger partial charge in [-0.3, -0.25) is 0 Å². The van der Waals surface area contributed by atoms with Crippen LogP contribution in [0, 0.1) is 0 Å². The summed E-state index contributed by atoms with van der Waals surface area (Å²) in [7, 11) is 0. The summed E-state index contributed by atoms with van der Waals surface area (Å²) in [6.45, 7) is 0.491. The van der Waals surface area contributed by atoms with E-state index in [9.17, 15) is 9.90 Å². The van der Waals surface area contributed by atoms with Crippen molar-refractivity contribution in [1.82, 2.24) is 5.32 Å². The lowest BCUT2D eigenvalue weighted by molar-refractivity contribution is -0.148. The molecule has 0 aromatic heterocycles. The molecular weight excluding hydrogens is 254 g/mol. The predicted octanol–water partition coefficient (Wildman–Crippen LogP) is 1.96. The van der Waals surface area contributed by atoms with Crippen molar-refractivity contribution in [2.45, 2.75) is 18.7 Å². The van der Waals surface area contributed by atoms with Crippen LogP contribution in [-0.4, -0.2) is 22.3 Å². The number of carboxylic acids is 1. The molecule has 2 atom stereocenters. The lowest BCUT2D eigenvalue weighted by Crippen LogP contribution is -2.37. The van der Waals surface area contributed by atoms with Crippen LogP contribution < -0.4 is 5.32 Å². The Morgan fingerprint density at radius 3 is 2.10 bits per heavy atom. The first-order chi connectivity index (χ1) is 9.68. The number of aliphatic carboxylic acids is 1. The molecule has 0 bridgehead atoms. The molecule has 0 radical (unpaired) electrons. The quantitative estimate of drug-likeness (QED) is 0.751. The molecule has 0 aliphatic carbocycles. The Bertz CT molecular complexity index is 542. The topological polar surface area (TPSA) is 69.6 Å². The lowest BCUT2D eigenvalue weighted by atomic mass is 10.0. The van der Waals surface area contributed by atoms with E-state index in [4.69, 9.17) is 5.11 Å². The van der Waals surface area contributed by atoms with Gasteiger partial charge < -0.3 is 15.5 Å². The highest BCUT2D eigenvalue weighted by molar-refractivity contribution is 5.73. The molecule has 104 valence electrons. The molecule has 2 aromatic carbocycles. The van der Waals surface area contributed by atoms with E-state index >= 15 is 0 Å². The average molecular weight is 271 g/mol. The maximum Gasteiger partial charge on any atom is 0.334 e. The van der Waals surface area contributed by atoms with E-state index in [2.05, 4.69) is 5.32 Å². The van der Waals surface area contributed by atoms with Crippen LogP contribution >= 0.6 is 0 Å². The first-order valence-corrected chi connectivity index (χ1v) is 6.41. The van der Waals surface area contributed by atoms with Gasteiger partial charge in [0, 0.05) is 6.54 Å². The number of benzene rings is 2. The molecule has 0 aliphatic heterocycles. The van der Waals surface area contributed by atoms with Crippen molar-refractivity contribution in [3.63, 3.8) is 0 Å². The Morgan fingerprint density at radius 1 is 1.00 bits per heavy atom. The largest absolute Gasteiger partial charge is 0.479 e. The first kappa shape index (κ1) is 14.2. The lowest BCUT2D eigenvalue weighted by Gasteiger charge is -2.22. The molecule has 0 saturated carbocycles. The molecule has 3 N–H and O–H groups in total. The molecule has 0 spiro atoms. The predicted molar refractivity (Wildman–Crippen MR) is 76.1 cm³/mol. The Morgan fingerprint density at radius 2 is 1.55 bits per heavy atom. The van der Waals surface area contributed by atoms with E-state index in [0.29, 0.717) is 6.54 Å². The molecule has 0 aliphatic rings. The molecule has 4 heteroatoms. The van der Waals surface area contributed by atoms with E-state index in [1.54, 1.807) is 12.1 Å². The second kappa shape index (κ2) is 6.84. The number of carbonyl (C=O) groups is 1. The fourth-order valence-electron chi connectivity index (χ4n) is 2.04. The maximum atomic E-state index is 11.0. The fourth-order valence-corrected chi connectivity index (χ4v) is 2.04. The third-order valence-corrected chi connectivity index (χ3v) is 3.10. The monoisotopic (exact) mass is 271 g/mol. The van der Waals surface area contributed by atoms with Crippen molar-refractivity contribution in [3.8, 4) is 0 Å². The first-order valence-electron chi connectivity index (χ1n) is 6.41. The van der Waals surface area contributed by atoms with Crippen molar-refractivity contribution >= 4 is 5.97 Å². The standard InChI is InChI=1S/C16H17NO3/c18-15(16(19)20)14(13-9-5-2-6-10-13)17-11-12-7-3-1-4-8-12/h1-10,14-15,17-18H,11H2,(H,19,20)/t14-,15+/m1/s1. The minimum Gasteiger partial charge on any atom is -0.479 e. The van der Waals surface area contributed by atoms with Crippen LogP contribution in [0.15, 0.2) is 60.7 Å². The Hall–Kier alpha value is -2.17. The normalized spacial score (nSPS) is 13.7. The van der Waals surface area contributed by atoms with Crippen LogP contribution in [0.25, 0.3) is 0 Å². The van der Waals surface area contributed by atoms with Crippen LogP contribution in [0.5, 0.6) is 0 Å². The minimum absolute atomic E-state index is 0.491. The number of nitrogens with one attached hydrogen (secondary N) is 1. The van der Waals surface area contributed by atoms with Crippen LogP contribution in [0.4, 0.5) is 0 Å². The fraction of sp³-hybridized carbons (Fsp3) is 0.188. The van der Waals surface area contributed by atoms with E-state index in [0.717, 1.165) is 11.1 Å². The number of aliphatic hydroxyl groups is 1. The molecular formula is C16H17NO3. The summed E-state index contributed by atoms with van der Waals surface area (Å²) >= 11 is 0. The van der Waals surface area contributed by atoms with Crippen molar-refractivity contribution < 1.29 is 15.0 Å². The van der Waals surface area contributed by atoms with Gasteiger partial charge in [-0.25, -0.2) is 4.79 Å². The van der Waals surface area contributed by atoms with Gasteiger partial charge in [0.15, 0.2) is 6.10 Å². The number of carboxylic acid groups (broad SMARTS) is 1. The van der Waals surface area contributed by atoms with Crippen LogP contribution in [0.2, 0.25) is 0 Å². The van der Waals surface area contributed by atoms with Crippen LogP contribution in [0.3, 0.4) is 0 Å². The molecule has 4 nitrogen and oxygen atoms in total. The summed E-state index contributed by atoms with van der Waals surface area (Å²) in [6.07, 6.45) is -1.49. The SMILES string of the molecule is O=C(O)[C@@H](O)[C@H](NCc1ccccc1)c1ccccc1. The molecule has 0 saturated heterocycles. The number of rotatable bonds is 6. The second-order valence-corrected chi connectivity index (χ2v) is 4.54. The summed E-state index contributed by atoms with van der Waals surface area (Å²) in [5.74, 6) is -1.24. The molecule has 2 rings (SSSR count). The van der Waals surface area contributed by atoms with Crippen molar-refractivity contribution in [3.05, 3.63) is 71.8 Å². The summed E-state index contributed by atoms with van der Waals surface area (Å²) in [5, 5.41) is 22.0. The highest BCUT2D eigenvalue weighted by Gasteiger charge is 2.26.